The van der Waals surface area contributed by atoms with Gasteiger partial charge in [-0.05, 0) is 50.1 Å². The van der Waals surface area contributed by atoms with Crippen molar-refractivity contribution < 1.29 is 9.53 Å². The van der Waals surface area contributed by atoms with Crippen LogP contribution in [0.25, 0.3) is 0 Å². The van der Waals surface area contributed by atoms with Crippen molar-refractivity contribution in [2.75, 3.05) is 13.1 Å². The van der Waals surface area contributed by atoms with Gasteiger partial charge < -0.3 is 15.4 Å². The molecule has 0 atom stereocenters. The molecule has 2 aromatic rings. The maximum atomic E-state index is 12.8. The van der Waals surface area contributed by atoms with E-state index < -0.39 is 0 Å². The first-order chi connectivity index (χ1) is 12.1. The van der Waals surface area contributed by atoms with Crippen molar-refractivity contribution in [1.82, 2.24) is 4.90 Å². The van der Waals surface area contributed by atoms with Gasteiger partial charge in [0.15, 0.2) is 0 Å². The molecule has 2 aromatic carbocycles. The van der Waals surface area contributed by atoms with Crippen molar-refractivity contribution in [3.8, 4) is 5.75 Å². The van der Waals surface area contributed by atoms with Crippen LogP contribution in [-0.4, -0.2) is 30.0 Å². The first kappa shape index (κ1) is 19.0. The topological polar surface area (TPSA) is 55.6 Å². The van der Waals surface area contributed by atoms with E-state index in [1.54, 1.807) is 0 Å². The first-order valence-electron chi connectivity index (χ1n) is 8.86. The SMILES string of the molecule is CC(C)Oc1cccc(CC(=O)N(CCCN)Cc2ccccc2)c1. The monoisotopic (exact) mass is 340 g/mol. The number of hydrogen-bond donors (Lipinski definition) is 1. The molecule has 2 rings (SSSR count). The lowest BCUT2D eigenvalue weighted by molar-refractivity contribution is -0.131. The van der Waals surface area contributed by atoms with Gasteiger partial charge in [-0.3, -0.25) is 4.79 Å². The number of nitrogens with two attached hydrogens (primary N) is 1. The van der Waals surface area contributed by atoms with Crippen LogP contribution in [0.2, 0.25) is 0 Å². The van der Waals surface area contributed by atoms with Gasteiger partial charge in [-0.15, -0.1) is 0 Å². The van der Waals surface area contributed by atoms with Crippen molar-refractivity contribution in [2.45, 2.75) is 39.3 Å². The summed E-state index contributed by atoms with van der Waals surface area (Å²) in [7, 11) is 0. The van der Waals surface area contributed by atoms with Crippen molar-refractivity contribution in [2.24, 2.45) is 5.73 Å². The van der Waals surface area contributed by atoms with Crippen LogP contribution in [0.15, 0.2) is 54.6 Å². The number of nitrogens with zero attached hydrogens (tertiary/aromatic N) is 1. The predicted molar refractivity (Wildman–Crippen MR) is 101 cm³/mol. The van der Waals surface area contributed by atoms with E-state index in [9.17, 15) is 4.79 Å². The molecule has 0 aromatic heterocycles. The molecular weight excluding hydrogens is 312 g/mol. The largest absolute Gasteiger partial charge is 0.491 e. The Morgan fingerprint density at radius 3 is 2.48 bits per heavy atom. The molecule has 0 unspecified atom stereocenters. The van der Waals surface area contributed by atoms with Gasteiger partial charge >= 0.3 is 0 Å². The van der Waals surface area contributed by atoms with Crippen molar-refractivity contribution >= 4 is 5.91 Å². The summed E-state index contributed by atoms with van der Waals surface area (Å²) in [6.45, 7) is 5.85. The van der Waals surface area contributed by atoms with Gasteiger partial charge in [0.2, 0.25) is 5.91 Å². The lowest BCUT2D eigenvalue weighted by Gasteiger charge is -2.23. The quantitative estimate of drug-likeness (QED) is 0.761. The third-order valence-electron chi connectivity index (χ3n) is 3.83. The first-order valence-corrected chi connectivity index (χ1v) is 8.86. The average Bonchev–Trinajstić information content (AvgIpc) is 2.59. The maximum absolute atomic E-state index is 12.8. The van der Waals surface area contributed by atoms with Crippen LogP contribution in [0.4, 0.5) is 0 Å². The Hall–Kier alpha value is -2.33. The fourth-order valence-corrected chi connectivity index (χ4v) is 2.67. The summed E-state index contributed by atoms with van der Waals surface area (Å²) in [5.41, 5.74) is 7.73. The van der Waals surface area contributed by atoms with Crippen LogP contribution in [-0.2, 0) is 17.8 Å². The molecule has 0 aliphatic rings. The highest BCUT2D eigenvalue weighted by Gasteiger charge is 2.14. The van der Waals surface area contributed by atoms with E-state index in [2.05, 4.69) is 0 Å². The van der Waals surface area contributed by atoms with Gasteiger partial charge in [-0.25, -0.2) is 0 Å². The van der Waals surface area contributed by atoms with Crippen LogP contribution >= 0.6 is 0 Å². The zero-order chi connectivity index (χ0) is 18.1. The normalized spacial score (nSPS) is 10.7. The second-order valence-electron chi connectivity index (χ2n) is 6.43. The number of carbonyl (C=O) groups is 1. The molecular formula is C21H28N2O2. The fraction of sp³-hybridized carbons (Fsp3) is 0.381. The molecule has 1 amide bonds. The van der Waals surface area contributed by atoms with E-state index in [0.29, 0.717) is 26.1 Å². The maximum Gasteiger partial charge on any atom is 0.227 e. The molecule has 0 saturated carbocycles. The van der Waals surface area contributed by atoms with E-state index in [0.717, 1.165) is 23.3 Å². The van der Waals surface area contributed by atoms with E-state index in [-0.39, 0.29) is 12.0 Å². The Bertz CT molecular complexity index is 656. The lowest BCUT2D eigenvalue weighted by Crippen LogP contribution is -2.33. The van der Waals surface area contributed by atoms with Gasteiger partial charge in [0.25, 0.3) is 0 Å². The lowest BCUT2D eigenvalue weighted by atomic mass is 10.1. The van der Waals surface area contributed by atoms with Crippen LogP contribution in [0.3, 0.4) is 0 Å². The molecule has 0 aliphatic heterocycles. The third kappa shape index (κ3) is 6.59. The molecule has 134 valence electrons. The summed E-state index contributed by atoms with van der Waals surface area (Å²) in [5, 5.41) is 0. The van der Waals surface area contributed by atoms with Gasteiger partial charge in [-0.1, -0.05) is 42.5 Å². The second kappa shape index (κ2) is 9.84. The predicted octanol–water partition coefficient (Wildman–Crippen LogP) is 3.39. The molecule has 25 heavy (non-hydrogen) atoms. The van der Waals surface area contributed by atoms with Crippen molar-refractivity contribution in [1.29, 1.82) is 0 Å². The Morgan fingerprint density at radius 1 is 1.08 bits per heavy atom. The Morgan fingerprint density at radius 2 is 1.80 bits per heavy atom. The number of benzene rings is 2. The summed E-state index contributed by atoms with van der Waals surface area (Å²) < 4.78 is 5.72. The smallest absolute Gasteiger partial charge is 0.227 e. The fourth-order valence-electron chi connectivity index (χ4n) is 2.67. The number of hydrogen-bond acceptors (Lipinski definition) is 3. The van der Waals surface area contributed by atoms with Crippen LogP contribution in [0, 0.1) is 0 Å². The highest BCUT2D eigenvalue weighted by molar-refractivity contribution is 5.78. The molecule has 0 spiro atoms. The molecule has 0 heterocycles. The summed E-state index contributed by atoms with van der Waals surface area (Å²) in [6.07, 6.45) is 1.28. The molecule has 2 N–H and O–H groups in total. The van der Waals surface area contributed by atoms with Gasteiger partial charge in [0.1, 0.15) is 5.75 Å². The van der Waals surface area contributed by atoms with Crippen molar-refractivity contribution in [3.63, 3.8) is 0 Å². The highest BCUT2D eigenvalue weighted by Crippen LogP contribution is 2.16. The van der Waals surface area contributed by atoms with Crippen LogP contribution < -0.4 is 10.5 Å². The zero-order valence-corrected chi connectivity index (χ0v) is 15.2. The summed E-state index contributed by atoms with van der Waals surface area (Å²) in [6, 6.07) is 17.8. The van der Waals surface area contributed by atoms with Crippen LogP contribution in [0.1, 0.15) is 31.4 Å². The van der Waals surface area contributed by atoms with E-state index >= 15 is 0 Å². The van der Waals surface area contributed by atoms with E-state index in [4.69, 9.17) is 10.5 Å². The second-order valence-corrected chi connectivity index (χ2v) is 6.43. The number of rotatable bonds is 9. The molecule has 0 saturated heterocycles. The van der Waals surface area contributed by atoms with E-state index in [1.807, 2.05) is 73.3 Å². The number of carbonyl (C=O) groups excluding carboxylic acids is 1. The van der Waals surface area contributed by atoms with Gasteiger partial charge in [0.05, 0.1) is 12.5 Å². The van der Waals surface area contributed by atoms with Crippen molar-refractivity contribution in [3.05, 3.63) is 65.7 Å². The minimum Gasteiger partial charge on any atom is -0.491 e. The Kier molecular flexibility index (Phi) is 7.48. The molecule has 0 radical (unpaired) electrons. The standard InChI is InChI=1S/C21H28N2O2/c1-17(2)25-20-11-6-10-19(14-20)15-21(24)23(13-7-12-22)16-18-8-4-3-5-9-18/h3-6,8-11,14,17H,7,12-13,15-16,22H2,1-2H3. The minimum absolute atomic E-state index is 0.110. The molecule has 0 fully saturated rings. The zero-order valence-electron chi connectivity index (χ0n) is 15.2. The molecule has 4 nitrogen and oxygen atoms in total. The summed E-state index contributed by atoms with van der Waals surface area (Å²) >= 11 is 0. The van der Waals surface area contributed by atoms with E-state index in [1.165, 1.54) is 0 Å². The number of amides is 1. The highest BCUT2D eigenvalue weighted by atomic mass is 16.5. The number of ether oxygens (including phenoxy) is 1. The molecule has 0 bridgehead atoms. The molecule has 4 heteroatoms. The van der Waals surface area contributed by atoms with Crippen LogP contribution in [0.5, 0.6) is 5.75 Å². The van der Waals surface area contributed by atoms with Gasteiger partial charge in [-0.2, -0.15) is 0 Å². The van der Waals surface area contributed by atoms with Gasteiger partial charge in [0, 0.05) is 13.1 Å². The molecule has 0 aliphatic carbocycles. The Labute approximate surface area is 150 Å². The summed E-state index contributed by atoms with van der Waals surface area (Å²) in [5.74, 6) is 0.913. The average molecular weight is 340 g/mol. The third-order valence-corrected chi connectivity index (χ3v) is 3.83. The Balaban J connectivity index is 2.05. The summed E-state index contributed by atoms with van der Waals surface area (Å²) in [4.78, 5) is 14.7. The minimum atomic E-state index is 0.110.